The molecule has 0 saturated carbocycles. The van der Waals surface area contributed by atoms with Crippen LogP contribution >= 0.6 is 22.6 Å². The number of nitrogens with one attached hydrogen (secondary N) is 1. The average molecular weight is 288 g/mol. The van der Waals surface area contributed by atoms with Crippen molar-refractivity contribution in [1.29, 1.82) is 0 Å². The molecule has 1 aromatic rings. The van der Waals surface area contributed by atoms with Crippen LogP contribution in [0.1, 0.15) is 0 Å². The number of para-hydroxylation sites is 1. The van der Waals surface area contributed by atoms with Gasteiger partial charge in [0.1, 0.15) is 0 Å². The van der Waals surface area contributed by atoms with Crippen LogP contribution in [0.4, 0.5) is 5.69 Å². The zero-order valence-electron chi connectivity index (χ0n) is 7.41. The first-order valence-electron chi connectivity index (χ1n) is 4.54. The molecule has 0 radical (unpaired) electrons. The predicted octanol–water partition coefficient (Wildman–Crippen LogP) is 1.86. The highest BCUT2D eigenvalue weighted by Gasteiger charge is 2.18. The van der Waals surface area contributed by atoms with E-state index < -0.39 is 0 Å². The van der Waals surface area contributed by atoms with E-state index in [1.54, 1.807) is 0 Å². The van der Waals surface area contributed by atoms with E-state index in [4.69, 9.17) is 0 Å². The van der Waals surface area contributed by atoms with Crippen LogP contribution in [0.15, 0.2) is 30.3 Å². The van der Waals surface area contributed by atoms with Crippen LogP contribution < -0.4 is 10.2 Å². The fraction of sp³-hybridized carbons (Fsp3) is 0.400. The Morgan fingerprint density at radius 2 is 2.08 bits per heavy atom. The maximum atomic E-state index is 3.39. The summed E-state index contributed by atoms with van der Waals surface area (Å²) in [5, 5.41) is 3.39. The summed E-state index contributed by atoms with van der Waals surface area (Å²) < 4.78 is 0.578. The Balaban J connectivity index is 2.15. The van der Waals surface area contributed by atoms with Crippen molar-refractivity contribution in [2.75, 3.05) is 24.5 Å². The first kappa shape index (κ1) is 9.27. The Morgan fingerprint density at radius 3 is 2.77 bits per heavy atom. The van der Waals surface area contributed by atoms with Crippen molar-refractivity contribution in [3.63, 3.8) is 0 Å². The van der Waals surface area contributed by atoms with Crippen LogP contribution in [0.25, 0.3) is 0 Å². The molecule has 70 valence electrons. The number of piperazine rings is 1. The first-order valence-corrected chi connectivity index (χ1v) is 5.79. The van der Waals surface area contributed by atoms with E-state index in [2.05, 4.69) is 63.1 Å². The molecule has 2 nitrogen and oxygen atoms in total. The minimum Gasteiger partial charge on any atom is -0.357 e. The summed E-state index contributed by atoms with van der Waals surface area (Å²) in [6, 6.07) is 10.6. The lowest BCUT2D eigenvalue weighted by Gasteiger charge is -2.34. The number of anilines is 1. The van der Waals surface area contributed by atoms with Crippen molar-refractivity contribution >= 4 is 28.3 Å². The van der Waals surface area contributed by atoms with Crippen LogP contribution in [0.5, 0.6) is 0 Å². The molecular formula is C10H13IN2. The van der Waals surface area contributed by atoms with E-state index in [0.29, 0.717) is 4.05 Å². The summed E-state index contributed by atoms with van der Waals surface area (Å²) in [5.41, 5.74) is 1.34. The molecule has 0 aliphatic carbocycles. The van der Waals surface area contributed by atoms with Gasteiger partial charge < -0.3 is 10.2 Å². The largest absolute Gasteiger partial charge is 0.357 e. The molecule has 0 aromatic heterocycles. The van der Waals surface area contributed by atoms with E-state index in [1.165, 1.54) is 5.69 Å². The van der Waals surface area contributed by atoms with E-state index in [1.807, 2.05) is 0 Å². The highest BCUT2D eigenvalue weighted by molar-refractivity contribution is 14.1. The summed E-state index contributed by atoms with van der Waals surface area (Å²) in [6.45, 7) is 3.28. The number of hydrogen-bond donors (Lipinski definition) is 1. The molecule has 1 N–H and O–H groups in total. The van der Waals surface area contributed by atoms with Crippen LogP contribution in [0.3, 0.4) is 0 Å². The standard InChI is InChI=1S/C10H13IN2/c11-10-8-12-6-7-13(10)9-4-2-1-3-5-9/h1-5,10,12H,6-8H2. The van der Waals surface area contributed by atoms with Crippen LogP contribution in [0.2, 0.25) is 0 Å². The molecule has 3 heteroatoms. The van der Waals surface area contributed by atoms with Crippen molar-refractivity contribution < 1.29 is 0 Å². The quantitative estimate of drug-likeness (QED) is 0.482. The first-order chi connectivity index (χ1) is 6.38. The molecule has 0 bridgehead atoms. The number of nitrogens with zero attached hydrogens (tertiary/aromatic N) is 1. The summed E-state index contributed by atoms with van der Waals surface area (Å²) in [6.07, 6.45) is 0. The molecular weight excluding hydrogens is 275 g/mol. The number of hydrogen-bond acceptors (Lipinski definition) is 2. The third-order valence-corrected chi connectivity index (χ3v) is 3.38. The number of benzene rings is 1. The smallest absolute Gasteiger partial charge is 0.0933 e. The van der Waals surface area contributed by atoms with Crippen LogP contribution in [0, 0.1) is 0 Å². The highest BCUT2D eigenvalue weighted by atomic mass is 127. The second kappa shape index (κ2) is 4.28. The summed E-state index contributed by atoms with van der Waals surface area (Å²) in [7, 11) is 0. The van der Waals surface area contributed by atoms with E-state index >= 15 is 0 Å². The average Bonchev–Trinajstić information content (AvgIpc) is 2.20. The van der Waals surface area contributed by atoms with E-state index in [9.17, 15) is 0 Å². The van der Waals surface area contributed by atoms with Crippen LogP contribution in [-0.2, 0) is 0 Å². The molecule has 1 unspecified atom stereocenters. The lowest BCUT2D eigenvalue weighted by molar-refractivity contribution is 0.576. The fourth-order valence-corrected chi connectivity index (χ4v) is 2.49. The van der Waals surface area contributed by atoms with Gasteiger partial charge in [-0.1, -0.05) is 40.8 Å². The third-order valence-electron chi connectivity index (χ3n) is 2.27. The molecule has 1 saturated heterocycles. The Morgan fingerprint density at radius 1 is 1.31 bits per heavy atom. The number of alkyl halides is 1. The minimum absolute atomic E-state index is 0.578. The summed E-state index contributed by atoms with van der Waals surface area (Å²) in [5.74, 6) is 0. The Bertz CT molecular complexity index is 263. The highest BCUT2D eigenvalue weighted by Crippen LogP contribution is 2.20. The van der Waals surface area contributed by atoms with Gasteiger partial charge in [-0.25, -0.2) is 0 Å². The maximum Gasteiger partial charge on any atom is 0.0933 e. The van der Waals surface area contributed by atoms with Gasteiger partial charge >= 0.3 is 0 Å². The topological polar surface area (TPSA) is 15.3 Å². The van der Waals surface area contributed by atoms with Gasteiger partial charge in [-0.05, 0) is 12.1 Å². The van der Waals surface area contributed by atoms with E-state index in [-0.39, 0.29) is 0 Å². The second-order valence-electron chi connectivity index (χ2n) is 3.17. The maximum absolute atomic E-state index is 3.39. The monoisotopic (exact) mass is 288 g/mol. The van der Waals surface area contributed by atoms with Gasteiger partial charge in [-0.2, -0.15) is 0 Å². The zero-order chi connectivity index (χ0) is 9.10. The van der Waals surface area contributed by atoms with Gasteiger partial charge in [0.2, 0.25) is 0 Å². The molecule has 1 aliphatic heterocycles. The molecule has 13 heavy (non-hydrogen) atoms. The Labute approximate surface area is 92.5 Å². The second-order valence-corrected chi connectivity index (χ2v) is 4.61. The predicted molar refractivity (Wildman–Crippen MR) is 64.5 cm³/mol. The molecule has 0 spiro atoms. The number of halogens is 1. The van der Waals surface area contributed by atoms with Gasteiger partial charge in [-0.15, -0.1) is 0 Å². The molecule has 1 atom stereocenters. The van der Waals surface area contributed by atoms with Gasteiger partial charge in [0.05, 0.1) is 4.05 Å². The van der Waals surface area contributed by atoms with Gasteiger partial charge in [0.25, 0.3) is 0 Å². The normalized spacial score (nSPS) is 23.2. The van der Waals surface area contributed by atoms with Crippen molar-refractivity contribution in [2.45, 2.75) is 4.05 Å². The van der Waals surface area contributed by atoms with Crippen molar-refractivity contribution in [3.05, 3.63) is 30.3 Å². The molecule has 0 amide bonds. The molecule has 1 aliphatic rings. The lowest BCUT2D eigenvalue weighted by Crippen LogP contribution is -2.48. The molecule has 1 fully saturated rings. The summed E-state index contributed by atoms with van der Waals surface area (Å²) >= 11 is 2.49. The van der Waals surface area contributed by atoms with Crippen molar-refractivity contribution in [1.82, 2.24) is 5.32 Å². The Kier molecular flexibility index (Phi) is 3.05. The fourth-order valence-electron chi connectivity index (χ4n) is 1.58. The van der Waals surface area contributed by atoms with E-state index in [0.717, 1.165) is 19.6 Å². The Hall–Kier alpha value is -0.290. The lowest BCUT2D eigenvalue weighted by atomic mass is 10.2. The van der Waals surface area contributed by atoms with Crippen LogP contribution in [-0.4, -0.2) is 23.7 Å². The SMILES string of the molecule is IC1CNCCN1c1ccccc1. The molecule has 2 rings (SSSR count). The summed E-state index contributed by atoms with van der Waals surface area (Å²) in [4.78, 5) is 2.44. The minimum atomic E-state index is 0.578. The van der Waals surface area contributed by atoms with Gasteiger partial charge in [0, 0.05) is 25.3 Å². The number of rotatable bonds is 1. The molecule has 1 aromatic carbocycles. The van der Waals surface area contributed by atoms with Gasteiger partial charge in [0.15, 0.2) is 0 Å². The van der Waals surface area contributed by atoms with Crippen molar-refractivity contribution in [3.8, 4) is 0 Å². The third kappa shape index (κ3) is 2.14. The molecule has 1 heterocycles. The van der Waals surface area contributed by atoms with Gasteiger partial charge in [-0.3, -0.25) is 0 Å². The van der Waals surface area contributed by atoms with Crippen molar-refractivity contribution in [2.24, 2.45) is 0 Å². The zero-order valence-corrected chi connectivity index (χ0v) is 9.57.